The highest BCUT2D eigenvalue weighted by Gasteiger charge is 2.32. The number of aromatic nitrogens is 2. The Labute approximate surface area is 181 Å². The second-order valence-electron chi connectivity index (χ2n) is 6.79. The number of methoxy groups -OCH3 is 1. The Kier molecular flexibility index (Phi) is 6.94. The van der Waals surface area contributed by atoms with Crippen LogP contribution in [0.25, 0.3) is 11.1 Å². The van der Waals surface area contributed by atoms with Crippen LogP contribution >= 0.6 is 0 Å². The average molecular weight is 447 g/mol. The summed E-state index contributed by atoms with van der Waals surface area (Å²) in [7, 11) is 1.54. The van der Waals surface area contributed by atoms with E-state index in [4.69, 9.17) is 9.47 Å². The van der Waals surface area contributed by atoms with Crippen molar-refractivity contribution < 1.29 is 32.5 Å². The number of alkyl halides is 3. The van der Waals surface area contributed by atoms with Gasteiger partial charge in [0.2, 0.25) is 5.95 Å². The van der Waals surface area contributed by atoms with Gasteiger partial charge in [-0.3, -0.25) is 0 Å². The van der Waals surface area contributed by atoms with E-state index in [0.717, 1.165) is 12.3 Å². The molecule has 0 aliphatic carbocycles. The maximum atomic E-state index is 13.0. The molecule has 0 unspecified atom stereocenters. The second-order valence-corrected chi connectivity index (χ2v) is 6.79. The minimum absolute atomic E-state index is 0.0857. The third-order valence-electron chi connectivity index (χ3n) is 4.43. The van der Waals surface area contributed by atoms with Crippen LogP contribution in [-0.2, 0) is 10.9 Å². The number of carboxylic acids is 1. The molecule has 168 valence electrons. The van der Waals surface area contributed by atoms with E-state index in [9.17, 15) is 23.1 Å². The topological polar surface area (TPSA) is 93.6 Å². The van der Waals surface area contributed by atoms with Gasteiger partial charge in [-0.25, -0.2) is 14.8 Å². The molecule has 1 heterocycles. The van der Waals surface area contributed by atoms with Gasteiger partial charge in [0.1, 0.15) is 18.1 Å². The SMILES string of the molecule is COCCOc1c(C)cc(Nc2nccc(C(F)(F)F)n2)cc1-c1cccc(C(=O)O)c1. The van der Waals surface area contributed by atoms with Crippen LogP contribution in [0, 0.1) is 6.92 Å². The highest BCUT2D eigenvalue weighted by atomic mass is 19.4. The zero-order valence-corrected chi connectivity index (χ0v) is 17.2. The van der Waals surface area contributed by atoms with Gasteiger partial charge in [0.25, 0.3) is 0 Å². The lowest BCUT2D eigenvalue weighted by Crippen LogP contribution is -2.10. The van der Waals surface area contributed by atoms with Crippen molar-refractivity contribution in [3.05, 3.63) is 65.5 Å². The molecule has 0 bridgehead atoms. The molecule has 0 fully saturated rings. The molecule has 0 aliphatic rings. The van der Waals surface area contributed by atoms with Crippen molar-refractivity contribution in [1.29, 1.82) is 0 Å². The van der Waals surface area contributed by atoms with Crippen molar-refractivity contribution in [2.75, 3.05) is 25.6 Å². The van der Waals surface area contributed by atoms with Crippen molar-refractivity contribution in [3.8, 4) is 16.9 Å². The van der Waals surface area contributed by atoms with Crippen LogP contribution in [0.5, 0.6) is 5.75 Å². The molecule has 0 spiro atoms. The van der Waals surface area contributed by atoms with Gasteiger partial charge in [-0.2, -0.15) is 13.2 Å². The van der Waals surface area contributed by atoms with Gasteiger partial charge in [0.15, 0.2) is 0 Å². The number of nitrogens with one attached hydrogen (secondary N) is 1. The minimum atomic E-state index is -4.60. The third kappa shape index (κ3) is 5.52. The van der Waals surface area contributed by atoms with Gasteiger partial charge < -0.3 is 19.9 Å². The first kappa shape index (κ1) is 23.0. The lowest BCUT2D eigenvalue weighted by atomic mass is 9.99. The molecule has 3 aromatic rings. The van der Waals surface area contributed by atoms with E-state index in [1.54, 1.807) is 31.2 Å². The summed E-state index contributed by atoms with van der Waals surface area (Å²) in [6.45, 7) is 2.36. The van der Waals surface area contributed by atoms with Gasteiger partial charge in [-0.05, 0) is 48.4 Å². The zero-order chi connectivity index (χ0) is 23.3. The molecule has 32 heavy (non-hydrogen) atoms. The fourth-order valence-corrected chi connectivity index (χ4v) is 3.00. The van der Waals surface area contributed by atoms with Crippen molar-refractivity contribution in [1.82, 2.24) is 9.97 Å². The number of hydrogen-bond donors (Lipinski definition) is 2. The van der Waals surface area contributed by atoms with Crippen LogP contribution in [0.4, 0.5) is 24.8 Å². The molecule has 2 N–H and O–H groups in total. The Morgan fingerprint density at radius 3 is 2.62 bits per heavy atom. The maximum Gasteiger partial charge on any atom is 0.433 e. The van der Waals surface area contributed by atoms with Crippen molar-refractivity contribution in [3.63, 3.8) is 0 Å². The highest BCUT2D eigenvalue weighted by molar-refractivity contribution is 5.90. The van der Waals surface area contributed by atoms with Gasteiger partial charge in [-0.1, -0.05) is 12.1 Å². The number of nitrogens with zero attached hydrogens (tertiary/aromatic N) is 2. The fraction of sp³-hybridized carbons (Fsp3) is 0.227. The van der Waals surface area contributed by atoms with Crippen LogP contribution in [0.15, 0.2) is 48.7 Å². The number of anilines is 2. The summed E-state index contributed by atoms with van der Waals surface area (Å²) in [5.41, 5.74) is 1.22. The van der Waals surface area contributed by atoms with Gasteiger partial charge in [-0.15, -0.1) is 0 Å². The molecule has 3 rings (SSSR count). The van der Waals surface area contributed by atoms with E-state index >= 15 is 0 Å². The lowest BCUT2D eigenvalue weighted by molar-refractivity contribution is -0.141. The summed E-state index contributed by atoms with van der Waals surface area (Å²) in [6.07, 6.45) is -3.58. The summed E-state index contributed by atoms with van der Waals surface area (Å²) in [5, 5.41) is 12.1. The Hall–Kier alpha value is -3.66. The largest absolute Gasteiger partial charge is 0.490 e. The molecular weight excluding hydrogens is 427 g/mol. The number of carboxylic acid groups (broad SMARTS) is 1. The Morgan fingerprint density at radius 1 is 1.16 bits per heavy atom. The summed E-state index contributed by atoms with van der Waals surface area (Å²) < 4.78 is 49.8. The van der Waals surface area contributed by atoms with Crippen LogP contribution in [-0.4, -0.2) is 41.4 Å². The fourth-order valence-electron chi connectivity index (χ4n) is 3.00. The van der Waals surface area contributed by atoms with Crippen LogP contribution < -0.4 is 10.1 Å². The molecule has 0 saturated carbocycles. The molecular formula is C22H20F3N3O4. The molecule has 0 atom stereocenters. The van der Waals surface area contributed by atoms with Crippen LogP contribution in [0.3, 0.4) is 0 Å². The Bertz CT molecular complexity index is 1120. The third-order valence-corrected chi connectivity index (χ3v) is 4.43. The molecule has 0 saturated heterocycles. The zero-order valence-electron chi connectivity index (χ0n) is 17.2. The van der Waals surface area contributed by atoms with E-state index in [1.165, 1.54) is 19.2 Å². The molecule has 10 heteroatoms. The maximum absolute atomic E-state index is 13.0. The van der Waals surface area contributed by atoms with Gasteiger partial charge >= 0.3 is 12.1 Å². The number of hydrogen-bond acceptors (Lipinski definition) is 6. The average Bonchev–Trinajstić information content (AvgIpc) is 2.74. The molecule has 2 aromatic carbocycles. The summed E-state index contributed by atoms with van der Waals surface area (Å²) >= 11 is 0. The number of ether oxygens (including phenoxy) is 2. The molecule has 7 nitrogen and oxygen atoms in total. The van der Waals surface area contributed by atoms with E-state index in [0.29, 0.717) is 34.7 Å². The molecule has 0 radical (unpaired) electrons. The summed E-state index contributed by atoms with van der Waals surface area (Å²) in [4.78, 5) is 18.8. The van der Waals surface area contributed by atoms with E-state index in [2.05, 4.69) is 15.3 Å². The van der Waals surface area contributed by atoms with Crippen LogP contribution in [0.2, 0.25) is 0 Å². The molecule has 0 aliphatic heterocycles. The van der Waals surface area contributed by atoms with Gasteiger partial charge in [0, 0.05) is 24.6 Å². The first-order chi connectivity index (χ1) is 15.2. The van der Waals surface area contributed by atoms with Crippen molar-refractivity contribution >= 4 is 17.6 Å². The van der Waals surface area contributed by atoms with Crippen LogP contribution in [0.1, 0.15) is 21.6 Å². The smallest absolute Gasteiger partial charge is 0.433 e. The first-order valence-electron chi connectivity index (χ1n) is 9.46. The van der Waals surface area contributed by atoms with E-state index in [-0.39, 0.29) is 18.1 Å². The van der Waals surface area contributed by atoms with Crippen molar-refractivity contribution in [2.45, 2.75) is 13.1 Å². The van der Waals surface area contributed by atoms with E-state index in [1.807, 2.05) is 0 Å². The number of carbonyl (C=O) groups is 1. The number of aryl methyl sites for hydroxylation is 1. The predicted molar refractivity (Wildman–Crippen MR) is 111 cm³/mol. The van der Waals surface area contributed by atoms with Crippen molar-refractivity contribution in [2.24, 2.45) is 0 Å². The lowest BCUT2D eigenvalue weighted by Gasteiger charge is -2.17. The van der Waals surface area contributed by atoms with E-state index < -0.39 is 17.8 Å². The Morgan fingerprint density at radius 2 is 1.94 bits per heavy atom. The molecule has 1 aromatic heterocycles. The quantitative estimate of drug-likeness (QED) is 0.473. The Balaban J connectivity index is 2.04. The number of aromatic carboxylic acids is 1. The second kappa shape index (κ2) is 9.65. The first-order valence-corrected chi connectivity index (χ1v) is 9.46. The summed E-state index contributed by atoms with van der Waals surface area (Å²) in [5.74, 6) is -0.810. The molecule has 0 amide bonds. The van der Waals surface area contributed by atoms with Gasteiger partial charge in [0.05, 0.1) is 12.2 Å². The normalized spacial score (nSPS) is 11.3. The predicted octanol–water partition coefficient (Wildman–Crippen LogP) is 4.94. The number of halogens is 3. The minimum Gasteiger partial charge on any atom is -0.490 e. The number of benzene rings is 2. The monoisotopic (exact) mass is 447 g/mol. The highest BCUT2D eigenvalue weighted by Crippen LogP contribution is 2.37. The summed E-state index contributed by atoms with van der Waals surface area (Å²) in [6, 6.07) is 10.4. The standard InChI is InChI=1S/C22H20F3N3O4/c1-13-10-16(27-21-26-7-6-18(28-21)22(23,24)25)12-17(19(13)32-9-8-31-2)14-4-3-5-15(11-14)20(29)30/h3-7,10-12H,8-9H2,1-2H3,(H,29,30)(H,26,27,28). The number of rotatable bonds is 8.